The number of likely N-dealkylation sites (tertiary alicyclic amines) is 1. The Labute approximate surface area is 247 Å². The fraction of sp³-hybridized carbons (Fsp3) is 0.452. The van der Waals surface area contributed by atoms with Crippen LogP contribution in [0.4, 0.5) is 30.5 Å². The summed E-state index contributed by atoms with van der Waals surface area (Å²) in [5.74, 6) is -0.523. The fourth-order valence-electron chi connectivity index (χ4n) is 6.75. The van der Waals surface area contributed by atoms with Gasteiger partial charge in [-0.15, -0.1) is 0 Å². The predicted octanol–water partition coefficient (Wildman–Crippen LogP) is 5.65. The monoisotopic (exact) mass is 594 g/mol. The molecule has 1 amide bonds. The van der Waals surface area contributed by atoms with Gasteiger partial charge in [-0.1, -0.05) is 12.1 Å². The second kappa shape index (κ2) is 9.73. The Bertz CT molecular complexity index is 1590. The zero-order chi connectivity index (χ0) is 30.1. The van der Waals surface area contributed by atoms with E-state index in [2.05, 4.69) is 32.1 Å². The van der Waals surface area contributed by atoms with Crippen molar-refractivity contribution >= 4 is 23.2 Å². The number of aromatic nitrogens is 2. The van der Waals surface area contributed by atoms with Crippen molar-refractivity contribution in [1.29, 1.82) is 0 Å². The molecule has 0 radical (unpaired) electrons. The average Bonchev–Trinajstić information content (AvgIpc) is 3.74. The number of halogens is 3. The Morgan fingerprint density at radius 3 is 2.42 bits per heavy atom. The molecule has 0 unspecified atom stereocenters. The molecule has 4 aliphatic rings. The first-order valence-electron chi connectivity index (χ1n) is 14.4. The smallest absolute Gasteiger partial charge is 0.423 e. The number of piperidine rings is 1. The quantitative estimate of drug-likeness (QED) is 0.393. The molecule has 1 aliphatic carbocycles. The van der Waals surface area contributed by atoms with Gasteiger partial charge in [0.25, 0.3) is 5.91 Å². The summed E-state index contributed by atoms with van der Waals surface area (Å²) < 4.78 is 53.4. The number of carbonyl (C=O) groups is 1. The number of hydrogen-bond donors (Lipinski definition) is 1. The largest absolute Gasteiger partial charge is 0.494 e. The van der Waals surface area contributed by atoms with Crippen LogP contribution in [0.1, 0.15) is 47.2 Å². The lowest BCUT2D eigenvalue weighted by molar-refractivity contribution is -0.139. The van der Waals surface area contributed by atoms with Crippen LogP contribution < -0.4 is 19.7 Å². The second-order valence-electron chi connectivity index (χ2n) is 12.3. The van der Waals surface area contributed by atoms with Crippen LogP contribution in [-0.4, -0.2) is 73.1 Å². The number of rotatable bonds is 6. The predicted molar refractivity (Wildman–Crippen MR) is 154 cm³/mol. The van der Waals surface area contributed by atoms with E-state index < -0.39 is 23.2 Å². The highest BCUT2D eigenvalue weighted by atomic mass is 19.4. The van der Waals surface area contributed by atoms with E-state index >= 15 is 0 Å². The molecule has 9 nitrogen and oxygen atoms in total. The van der Waals surface area contributed by atoms with Crippen molar-refractivity contribution in [3.8, 4) is 17.4 Å². The third-order valence-electron chi connectivity index (χ3n) is 9.57. The maximum Gasteiger partial charge on any atom is 0.423 e. The molecule has 3 aliphatic heterocycles. The van der Waals surface area contributed by atoms with Crippen molar-refractivity contribution in [3.05, 3.63) is 59.3 Å². The molecule has 0 atom stereocenters. The molecule has 4 heterocycles. The molecule has 43 heavy (non-hydrogen) atoms. The van der Waals surface area contributed by atoms with Crippen LogP contribution >= 0.6 is 0 Å². The number of benzene rings is 2. The number of alkyl halides is 3. The number of ether oxygens (including phenoxy) is 2. The van der Waals surface area contributed by atoms with Crippen molar-refractivity contribution in [2.75, 3.05) is 57.6 Å². The lowest BCUT2D eigenvalue weighted by Gasteiger charge is -2.54. The van der Waals surface area contributed by atoms with Crippen molar-refractivity contribution in [2.24, 2.45) is 5.41 Å². The summed E-state index contributed by atoms with van der Waals surface area (Å²) in [6.45, 7) is 4.20. The summed E-state index contributed by atoms with van der Waals surface area (Å²) >= 11 is 0. The summed E-state index contributed by atoms with van der Waals surface area (Å²) in [5, 5.41) is 2.99. The van der Waals surface area contributed by atoms with Gasteiger partial charge in [-0.25, -0.2) is 4.98 Å². The Morgan fingerprint density at radius 1 is 1.00 bits per heavy atom. The Hall–Kier alpha value is -4.06. The van der Waals surface area contributed by atoms with E-state index in [0.717, 1.165) is 50.3 Å². The molecule has 0 bridgehead atoms. The summed E-state index contributed by atoms with van der Waals surface area (Å²) in [6.07, 6.45) is -0.109. The number of nitrogens with zero attached hydrogens (tertiary/aromatic N) is 5. The number of hydrogen-bond acceptors (Lipinski definition) is 8. The van der Waals surface area contributed by atoms with Gasteiger partial charge in [-0.3, -0.25) is 4.79 Å². The van der Waals surface area contributed by atoms with Gasteiger partial charge in [0.15, 0.2) is 0 Å². The average molecular weight is 595 g/mol. The van der Waals surface area contributed by atoms with E-state index in [1.54, 1.807) is 18.0 Å². The van der Waals surface area contributed by atoms with Gasteiger partial charge in [0.1, 0.15) is 17.1 Å². The lowest BCUT2D eigenvalue weighted by atomic mass is 9.72. The van der Waals surface area contributed by atoms with Crippen LogP contribution in [0, 0.1) is 5.41 Å². The van der Waals surface area contributed by atoms with E-state index in [1.165, 1.54) is 26.0 Å². The SMILES string of the molecule is COc1cc(N2CC3(CCN(C)CC3)C2)ccc1Nc1ncc(C(F)(F)F)c(Oc2cccc3c2C(=O)N(C)C32CC2)n1. The molecular weight excluding hydrogens is 561 g/mol. The minimum Gasteiger partial charge on any atom is -0.494 e. The van der Waals surface area contributed by atoms with E-state index in [-0.39, 0.29) is 23.2 Å². The second-order valence-corrected chi connectivity index (χ2v) is 12.3. The van der Waals surface area contributed by atoms with Gasteiger partial charge in [-0.2, -0.15) is 18.2 Å². The van der Waals surface area contributed by atoms with Crippen LogP contribution in [-0.2, 0) is 11.7 Å². The maximum atomic E-state index is 14.0. The first-order valence-corrected chi connectivity index (χ1v) is 14.4. The van der Waals surface area contributed by atoms with Crippen LogP contribution in [0.25, 0.3) is 0 Å². The molecule has 1 saturated carbocycles. The van der Waals surface area contributed by atoms with Gasteiger partial charge in [-0.05, 0) is 69.6 Å². The Kier molecular flexibility index (Phi) is 6.28. The summed E-state index contributed by atoms with van der Waals surface area (Å²) in [4.78, 5) is 27.5. The number of fused-ring (bicyclic) bond motifs is 2. The molecule has 3 fully saturated rings. The number of anilines is 3. The minimum absolute atomic E-state index is 0.0344. The zero-order valence-electron chi connectivity index (χ0n) is 24.3. The Morgan fingerprint density at radius 2 is 1.74 bits per heavy atom. The standard InChI is InChI=1S/C31H33F3N6O3/c1-38-13-11-29(12-14-38)17-40(18-29)19-7-8-22(24(15-19)42-3)36-28-35-16-21(31(32,33)34)26(37-28)43-23-6-4-5-20-25(23)27(41)39(2)30(20)9-10-30/h4-8,15-16H,9-14,17-18H2,1-3H3,(H,35,36,37). The van der Waals surface area contributed by atoms with Crippen molar-refractivity contribution in [2.45, 2.75) is 37.4 Å². The summed E-state index contributed by atoms with van der Waals surface area (Å²) in [7, 11) is 5.41. The zero-order valence-corrected chi connectivity index (χ0v) is 24.3. The van der Waals surface area contributed by atoms with E-state index in [9.17, 15) is 18.0 Å². The molecule has 12 heteroatoms. The number of methoxy groups -OCH3 is 1. The van der Waals surface area contributed by atoms with Crippen LogP contribution in [0.5, 0.6) is 17.4 Å². The fourth-order valence-corrected chi connectivity index (χ4v) is 6.75. The maximum absolute atomic E-state index is 14.0. The van der Waals surface area contributed by atoms with E-state index in [4.69, 9.17) is 9.47 Å². The number of nitrogens with one attached hydrogen (secondary N) is 1. The molecule has 226 valence electrons. The van der Waals surface area contributed by atoms with Gasteiger partial charge in [0, 0.05) is 43.5 Å². The normalized spacial score (nSPS) is 20.3. The van der Waals surface area contributed by atoms with Crippen molar-refractivity contribution < 1.29 is 27.4 Å². The third-order valence-corrected chi connectivity index (χ3v) is 9.57. The highest BCUT2D eigenvalue weighted by molar-refractivity contribution is 6.03. The summed E-state index contributed by atoms with van der Waals surface area (Å²) in [5.41, 5.74) is 1.38. The number of carbonyl (C=O) groups excluding carboxylic acids is 1. The first kappa shape index (κ1) is 27.8. The molecular formula is C31H33F3N6O3. The van der Waals surface area contributed by atoms with Crippen LogP contribution in [0.15, 0.2) is 42.6 Å². The van der Waals surface area contributed by atoms with Crippen molar-refractivity contribution in [3.63, 3.8) is 0 Å². The molecule has 3 aromatic rings. The van der Waals surface area contributed by atoms with Crippen LogP contribution in [0.2, 0.25) is 0 Å². The highest BCUT2D eigenvalue weighted by Gasteiger charge is 2.57. The van der Waals surface area contributed by atoms with E-state index in [1.807, 2.05) is 24.3 Å². The van der Waals surface area contributed by atoms with Crippen molar-refractivity contribution in [1.82, 2.24) is 19.8 Å². The highest BCUT2D eigenvalue weighted by Crippen LogP contribution is 2.57. The third kappa shape index (κ3) is 4.62. The Balaban J connectivity index is 1.14. The van der Waals surface area contributed by atoms with Gasteiger partial charge >= 0.3 is 6.18 Å². The van der Waals surface area contributed by atoms with Gasteiger partial charge in [0.2, 0.25) is 11.8 Å². The number of amides is 1. The van der Waals surface area contributed by atoms with Gasteiger partial charge < -0.3 is 29.5 Å². The van der Waals surface area contributed by atoms with E-state index in [0.29, 0.717) is 23.0 Å². The molecule has 1 aromatic heterocycles. The lowest BCUT2D eigenvalue weighted by Crippen LogP contribution is -2.60. The minimum atomic E-state index is -4.77. The first-order chi connectivity index (χ1) is 20.5. The molecule has 1 N–H and O–H groups in total. The molecule has 2 aromatic carbocycles. The van der Waals surface area contributed by atoms with Gasteiger partial charge in [0.05, 0.1) is 23.9 Å². The molecule has 2 spiro atoms. The van der Waals surface area contributed by atoms with Crippen LogP contribution in [0.3, 0.4) is 0 Å². The molecule has 7 rings (SSSR count). The molecule has 2 saturated heterocycles. The topological polar surface area (TPSA) is 83.1 Å². The summed E-state index contributed by atoms with van der Waals surface area (Å²) in [6, 6.07) is 10.7.